The van der Waals surface area contributed by atoms with Gasteiger partial charge in [0, 0.05) is 0 Å². The van der Waals surface area contributed by atoms with Gasteiger partial charge in [-0.05, 0) is 37.5 Å². The van der Waals surface area contributed by atoms with E-state index >= 15 is 0 Å². The average Bonchev–Trinajstić information content (AvgIpc) is 2.48. The van der Waals surface area contributed by atoms with Crippen LogP contribution in [-0.4, -0.2) is 12.6 Å². The lowest BCUT2D eigenvalue weighted by Gasteiger charge is -2.18. The van der Waals surface area contributed by atoms with Crippen molar-refractivity contribution in [2.45, 2.75) is 31.8 Å². The molecule has 0 saturated heterocycles. The summed E-state index contributed by atoms with van der Waals surface area (Å²) < 4.78 is 4.83. The molecule has 2 fully saturated rings. The highest BCUT2D eigenvalue weighted by molar-refractivity contribution is 5.39. The second-order valence-electron chi connectivity index (χ2n) is 3.41. The number of fused-ring (bicyclic) bond motifs is 2. The van der Waals surface area contributed by atoms with Gasteiger partial charge in [0.1, 0.15) is 6.10 Å². The van der Waals surface area contributed by atoms with Gasteiger partial charge in [-0.3, -0.25) is 0 Å². The van der Waals surface area contributed by atoms with Gasteiger partial charge >= 0.3 is 6.47 Å². The van der Waals surface area contributed by atoms with E-state index in [1.165, 1.54) is 19.3 Å². The predicted molar refractivity (Wildman–Crippen MR) is 36.0 cm³/mol. The van der Waals surface area contributed by atoms with Crippen molar-refractivity contribution in [3.8, 4) is 0 Å². The van der Waals surface area contributed by atoms with Crippen LogP contribution in [-0.2, 0) is 9.53 Å². The topological polar surface area (TPSA) is 26.3 Å². The van der Waals surface area contributed by atoms with Crippen molar-refractivity contribution >= 4 is 6.47 Å². The number of hydrogen-bond acceptors (Lipinski definition) is 2. The van der Waals surface area contributed by atoms with E-state index in [1.54, 1.807) is 6.47 Å². The van der Waals surface area contributed by atoms with Gasteiger partial charge in [-0.15, -0.1) is 0 Å². The minimum Gasteiger partial charge on any atom is -0.454 e. The van der Waals surface area contributed by atoms with Crippen molar-refractivity contribution < 1.29 is 9.53 Å². The largest absolute Gasteiger partial charge is 0.454 e. The molecule has 0 aliphatic heterocycles. The number of carbonyl (C=O) groups excluding carboxylic acids is 1. The van der Waals surface area contributed by atoms with Crippen LogP contribution in [0.15, 0.2) is 0 Å². The second-order valence-corrected chi connectivity index (χ2v) is 3.41. The number of hydrogen-bond donors (Lipinski definition) is 0. The lowest BCUT2D eigenvalue weighted by atomic mass is 9.98. The minimum absolute atomic E-state index is 0.219. The van der Waals surface area contributed by atoms with Crippen LogP contribution >= 0.6 is 0 Å². The Balaban J connectivity index is 1.95. The molecule has 0 aromatic rings. The first-order valence-corrected chi connectivity index (χ1v) is 3.93. The smallest absolute Gasteiger partial charge is 0.417 e. The molecule has 0 N–H and O–H groups in total. The highest BCUT2D eigenvalue weighted by Gasteiger charge is 2.40. The molecule has 0 aromatic heterocycles. The molecule has 3 atom stereocenters. The third kappa shape index (κ3) is 0.825. The molecule has 0 amide bonds. The molecule has 1 radical (unpaired) electrons. The molecule has 2 heteroatoms. The number of ether oxygens (including phenoxy) is 1. The van der Waals surface area contributed by atoms with Gasteiger partial charge in [0.2, 0.25) is 0 Å². The normalized spacial score (nSPS) is 43.8. The molecule has 3 unspecified atom stereocenters. The lowest BCUT2D eigenvalue weighted by molar-refractivity contribution is 0.119. The van der Waals surface area contributed by atoms with E-state index in [0.29, 0.717) is 5.92 Å². The fourth-order valence-electron chi connectivity index (χ4n) is 2.39. The van der Waals surface area contributed by atoms with Crippen LogP contribution in [0.25, 0.3) is 0 Å². The maximum atomic E-state index is 9.89. The highest BCUT2D eigenvalue weighted by Crippen LogP contribution is 2.45. The summed E-state index contributed by atoms with van der Waals surface area (Å²) in [7, 11) is 0. The molecular formula is C8H11O2. The van der Waals surface area contributed by atoms with E-state index < -0.39 is 0 Å². The van der Waals surface area contributed by atoms with Gasteiger partial charge in [-0.1, -0.05) is 0 Å². The van der Waals surface area contributed by atoms with E-state index in [9.17, 15) is 4.79 Å². The summed E-state index contributed by atoms with van der Waals surface area (Å²) in [6.45, 7) is 1.54. The van der Waals surface area contributed by atoms with Crippen molar-refractivity contribution in [1.82, 2.24) is 0 Å². The lowest BCUT2D eigenvalue weighted by Crippen LogP contribution is -2.19. The molecule has 2 saturated carbocycles. The summed E-state index contributed by atoms with van der Waals surface area (Å²) in [5.74, 6) is 1.52. The molecule has 0 aromatic carbocycles. The monoisotopic (exact) mass is 139 g/mol. The van der Waals surface area contributed by atoms with Crippen molar-refractivity contribution in [3.05, 3.63) is 0 Å². The van der Waals surface area contributed by atoms with E-state index in [0.717, 1.165) is 12.3 Å². The Morgan fingerprint density at radius 3 is 2.70 bits per heavy atom. The standard InChI is InChI=1S/C8H11O2/c9-5-10-8-4-6-1-2-7(8)3-6/h6-8H,1-4H2. The quantitative estimate of drug-likeness (QED) is 0.575. The molecule has 0 heterocycles. The summed E-state index contributed by atoms with van der Waals surface area (Å²) in [4.78, 5) is 9.89. The first-order chi connectivity index (χ1) is 4.90. The summed E-state index contributed by atoms with van der Waals surface area (Å²) in [6.07, 6.45) is 5.21. The van der Waals surface area contributed by atoms with Crippen molar-refractivity contribution in [3.63, 3.8) is 0 Å². The first kappa shape index (κ1) is 6.20. The summed E-state index contributed by atoms with van der Waals surface area (Å²) in [6, 6.07) is 0. The fourth-order valence-corrected chi connectivity index (χ4v) is 2.39. The van der Waals surface area contributed by atoms with Crippen LogP contribution in [0.2, 0.25) is 0 Å². The Labute approximate surface area is 60.6 Å². The van der Waals surface area contributed by atoms with Crippen LogP contribution in [0.5, 0.6) is 0 Å². The second kappa shape index (κ2) is 2.26. The molecule has 2 nitrogen and oxygen atoms in total. The zero-order valence-corrected chi connectivity index (χ0v) is 5.88. The molecular weight excluding hydrogens is 128 g/mol. The Bertz CT molecular complexity index is 144. The van der Waals surface area contributed by atoms with Crippen molar-refractivity contribution in [1.29, 1.82) is 0 Å². The third-order valence-corrected chi connectivity index (χ3v) is 2.87. The third-order valence-electron chi connectivity index (χ3n) is 2.87. The number of rotatable bonds is 2. The van der Waals surface area contributed by atoms with Crippen molar-refractivity contribution in [2.75, 3.05) is 0 Å². The van der Waals surface area contributed by atoms with Crippen LogP contribution in [0.3, 0.4) is 0 Å². The molecule has 2 bridgehead atoms. The van der Waals surface area contributed by atoms with E-state index in [4.69, 9.17) is 4.74 Å². The van der Waals surface area contributed by atoms with Gasteiger partial charge in [0.25, 0.3) is 0 Å². The van der Waals surface area contributed by atoms with Gasteiger partial charge in [-0.25, -0.2) is 4.79 Å². The zero-order chi connectivity index (χ0) is 6.97. The summed E-state index contributed by atoms with van der Waals surface area (Å²) in [5.41, 5.74) is 0. The highest BCUT2D eigenvalue weighted by atomic mass is 16.5. The predicted octanol–water partition coefficient (Wildman–Crippen LogP) is 1.26. The molecule has 10 heavy (non-hydrogen) atoms. The Morgan fingerprint density at radius 1 is 1.30 bits per heavy atom. The molecule has 0 spiro atoms. The van der Waals surface area contributed by atoms with Crippen LogP contribution in [0, 0.1) is 11.8 Å². The van der Waals surface area contributed by atoms with Crippen LogP contribution in [0.4, 0.5) is 0 Å². The van der Waals surface area contributed by atoms with Crippen LogP contribution < -0.4 is 0 Å². The Kier molecular flexibility index (Phi) is 1.40. The maximum absolute atomic E-state index is 9.89. The Hall–Kier alpha value is -0.530. The SMILES string of the molecule is O=[C]OC1CC2CCC1C2. The minimum atomic E-state index is 0.219. The fraction of sp³-hybridized carbons (Fsp3) is 0.875. The molecule has 2 rings (SSSR count). The summed E-state index contributed by atoms with van der Waals surface area (Å²) in [5, 5.41) is 0. The van der Waals surface area contributed by atoms with E-state index in [1.807, 2.05) is 0 Å². The zero-order valence-electron chi connectivity index (χ0n) is 5.88. The molecule has 2 aliphatic carbocycles. The van der Waals surface area contributed by atoms with Crippen molar-refractivity contribution in [2.24, 2.45) is 11.8 Å². The summed E-state index contributed by atoms with van der Waals surface area (Å²) >= 11 is 0. The van der Waals surface area contributed by atoms with E-state index in [2.05, 4.69) is 0 Å². The first-order valence-electron chi connectivity index (χ1n) is 3.93. The Morgan fingerprint density at radius 2 is 2.20 bits per heavy atom. The van der Waals surface area contributed by atoms with Gasteiger partial charge in [0.15, 0.2) is 0 Å². The van der Waals surface area contributed by atoms with Gasteiger partial charge < -0.3 is 4.74 Å². The average molecular weight is 139 g/mol. The molecule has 2 aliphatic rings. The van der Waals surface area contributed by atoms with Gasteiger partial charge in [0.05, 0.1) is 0 Å². The van der Waals surface area contributed by atoms with Crippen LogP contribution in [0.1, 0.15) is 25.7 Å². The maximum Gasteiger partial charge on any atom is 0.417 e. The molecule has 55 valence electrons. The van der Waals surface area contributed by atoms with Gasteiger partial charge in [-0.2, -0.15) is 0 Å². The van der Waals surface area contributed by atoms with E-state index in [-0.39, 0.29) is 6.10 Å².